The second-order valence-electron chi connectivity index (χ2n) is 5.37. The summed E-state index contributed by atoms with van der Waals surface area (Å²) >= 11 is 0. The molecular weight excluding hydrogens is 216 g/mol. The fourth-order valence-electron chi connectivity index (χ4n) is 2.31. The number of nitrogens with zero attached hydrogens (tertiary/aromatic N) is 2. The van der Waals surface area contributed by atoms with Gasteiger partial charge >= 0.3 is 0 Å². The number of amides is 1. The molecule has 92 valence electrons. The molecule has 1 aromatic heterocycles. The number of hydrogen-bond acceptors (Lipinski definition) is 3. The Kier molecular flexibility index (Phi) is 3.05. The minimum absolute atomic E-state index is 0.0409. The quantitative estimate of drug-likeness (QED) is 0.809. The average Bonchev–Trinajstić information content (AvgIpc) is 2.27. The van der Waals surface area contributed by atoms with Gasteiger partial charge in [-0.15, -0.1) is 0 Å². The molecule has 1 N–H and O–H groups in total. The fourth-order valence-corrected chi connectivity index (χ4v) is 2.31. The third kappa shape index (κ3) is 2.57. The van der Waals surface area contributed by atoms with E-state index in [1.807, 2.05) is 0 Å². The highest BCUT2D eigenvalue weighted by atomic mass is 16.3. The number of hydrogen-bond donors (Lipinski definition) is 1. The SMILES string of the molecule is CC1(C)CCCN(C(=O)c2ncccc2O)C1. The normalized spacial score (nSPS) is 19.1. The lowest BCUT2D eigenvalue weighted by molar-refractivity contribution is 0.0574. The zero-order valence-corrected chi connectivity index (χ0v) is 10.3. The van der Waals surface area contributed by atoms with Crippen LogP contribution in [0, 0.1) is 5.41 Å². The molecule has 1 aliphatic heterocycles. The number of pyridine rings is 1. The molecule has 1 aliphatic rings. The maximum absolute atomic E-state index is 12.2. The molecule has 0 saturated carbocycles. The topological polar surface area (TPSA) is 53.4 Å². The van der Waals surface area contributed by atoms with E-state index in [1.54, 1.807) is 11.0 Å². The third-order valence-electron chi connectivity index (χ3n) is 3.18. The Labute approximate surface area is 101 Å². The molecule has 0 radical (unpaired) electrons. The largest absolute Gasteiger partial charge is 0.505 e. The first-order chi connectivity index (χ1) is 7.99. The number of rotatable bonds is 1. The summed E-state index contributed by atoms with van der Waals surface area (Å²) in [5.74, 6) is -0.211. The van der Waals surface area contributed by atoms with Crippen LogP contribution in [0.15, 0.2) is 18.3 Å². The van der Waals surface area contributed by atoms with Crippen LogP contribution >= 0.6 is 0 Å². The Morgan fingerprint density at radius 3 is 2.94 bits per heavy atom. The number of piperidine rings is 1. The second-order valence-corrected chi connectivity index (χ2v) is 5.37. The predicted octanol–water partition coefficient (Wildman–Crippen LogP) is 2.05. The molecule has 2 rings (SSSR count). The molecule has 0 atom stereocenters. The van der Waals surface area contributed by atoms with Crippen LogP contribution in [0.3, 0.4) is 0 Å². The molecule has 4 nitrogen and oxygen atoms in total. The molecular formula is C13H18N2O2. The van der Waals surface area contributed by atoms with Crippen LogP contribution in [0.5, 0.6) is 5.75 Å². The Bertz CT molecular complexity index is 429. The molecule has 17 heavy (non-hydrogen) atoms. The van der Waals surface area contributed by atoms with Crippen LogP contribution in [-0.4, -0.2) is 34.0 Å². The smallest absolute Gasteiger partial charge is 0.276 e. The molecule has 0 aromatic carbocycles. The summed E-state index contributed by atoms with van der Waals surface area (Å²) in [6.45, 7) is 5.79. The van der Waals surface area contributed by atoms with Crippen molar-refractivity contribution in [3.63, 3.8) is 0 Å². The Hall–Kier alpha value is -1.58. The molecule has 1 amide bonds. The summed E-state index contributed by atoms with van der Waals surface area (Å²) in [4.78, 5) is 18.0. The minimum Gasteiger partial charge on any atom is -0.505 e. The molecule has 0 unspecified atom stereocenters. The van der Waals surface area contributed by atoms with Crippen LogP contribution in [0.1, 0.15) is 37.2 Å². The van der Waals surface area contributed by atoms with Crippen molar-refractivity contribution in [1.82, 2.24) is 9.88 Å². The Morgan fingerprint density at radius 1 is 1.53 bits per heavy atom. The summed E-state index contributed by atoms with van der Waals surface area (Å²) in [5.41, 5.74) is 0.309. The van der Waals surface area contributed by atoms with Crippen molar-refractivity contribution in [3.05, 3.63) is 24.0 Å². The van der Waals surface area contributed by atoms with Gasteiger partial charge in [0.05, 0.1) is 0 Å². The fraction of sp³-hybridized carbons (Fsp3) is 0.538. The molecule has 0 aliphatic carbocycles. The first kappa shape index (κ1) is 11.9. The van der Waals surface area contributed by atoms with E-state index in [2.05, 4.69) is 18.8 Å². The highest BCUT2D eigenvalue weighted by Gasteiger charge is 2.30. The van der Waals surface area contributed by atoms with E-state index in [1.165, 1.54) is 12.3 Å². The lowest BCUT2D eigenvalue weighted by Gasteiger charge is -2.37. The first-order valence-electron chi connectivity index (χ1n) is 5.93. The molecule has 2 heterocycles. The van der Waals surface area contributed by atoms with E-state index in [-0.39, 0.29) is 22.8 Å². The summed E-state index contributed by atoms with van der Waals surface area (Å²) < 4.78 is 0. The Morgan fingerprint density at radius 2 is 2.29 bits per heavy atom. The van der Waals surface area contributed by atoms with E-state index >= 15 is 0 Å². The molecule has 1 saturated heterocycles. The van der Waals surface area contributed by atoms with Gasteiger partial charge in [-0.2, -0.15) is 0 Å². The van der Waals surface area contributed by atoms with Gasteiger partial charge in [-0.25, -0.2) is 4.98 Å². The summed E-state index contributed by atoms with van der Waals surface area (Å²) in [6, 6.07) is 3.11. The zero-order chi connectivity index (χ0) is 12.5. The molecule has 1 fully saturated rings. The Balaban J connectivity index is 2.18. The van der Waals surface area contributed by atoms with Crippen molar-refractivity contribution in [2.24, 2.45) is 5.41 Å². The van der Waals surface area contributed by atoms with Gasteiger partial charge in [0.15, 0.2) is 5.69 Å². The van der Waals surface area contributed by atoms with Gasteiger partial charge < -0.3 is 10.0 Å². The van der Waals surface area contributed by atoms with E-state index in [0.717, 1.165) is 25.9 Å². The standard InChI is InChI=1S/C13H18N2O2/c1-13(2)6-4-8-15(9-13)12(17)11-10(16)5-3-7-14-11/h3,5,7,16H,4,6,8-9H2,1-2H3. The number of carbonyl (C=O) groups excluding carboxylic acids is 1. The van der Waals surface area contributed by atoms with Crippen molar-refractivity contribution < 1.29 is 9.90 Å². The predicted molar refractivity (Wildman–Crippen MR) is 64.8 cm³/mol. The molecule has 1 aromatic rings. The highest BCUT2D eigenvalue weighted by Crippen LogP contribution is 2.29. The van der Waals surface area contributed by atoms with Gasteiger partial charge in [-0.1, -0.05) is 13.8 Å². The van der Waals surface area contributed by atoms with Crippen LogP contribution in [0.4, 0.5) is 0 Å². The minimum atomic E-state index is -0.170. The average molecular weight is 234 g/mol. The van der Waals surface area contributed by atoms with Crippen molar-refractivity contribution in [3.8, 4) is 5.75 Å². The van der Waals surface area contributed by atoms with E-state index in [4.69, 9.17) is 0 Å². The van der Waals surface area contributed by atoms with Crippen molar-refractivity contribution >= 4 is 5.91 Å². The van der Waals surface area contributed by atoms with Crippen molar-refractivity contribution in [2.75, 3.05) is 13.1 Å². The lowest BCUT2D eigenvalue weighted by atomic mass is 9.84. The van der Waals surface area contributed by atoms with Crippen molar-refractivity contribution in [1.29, 1.82) is 0 Å². The van der Waals surface area contributed by atoms with Gasteiger partial charge in [0.2, 0.25) is 0 Å². The monoisotopic (exact) mass is 234 g/mol. The number of likely N-dealkylation sites (tertiary alicyclic amines) is 1. The van der Waals surface area contributed by atoms with Gasteiger partial charge in [0.1, 0.15) is 5.75 Å². The highest BCUT2D eigenvalue weighted by molar-refractivity contribution is 5.94. The maximum Gasteiger partial charge on any atom is 0.276 e. The number of aromatic nitrogens is 1. The second kappa shape index (κ2) is 4.35. The van der Waals surface area contributed by atoms with E-state index in [9.17, 15) is 9.90 Å². The summed E-state index contributed by atoms with van der Waals surface area (Å²) in [7, 11) is 0. The number of aromatic hydroxyl groups is 1. The van der Waals surface area contributed by atoms with Crippen LogP contribution < -0.4 is 0 Å². The van der Waals surface area contributed by atoms with Crippen LogP contribution in [0.25, 0.3) is 0 Å². The summed E-state index contributed by atoms with van der Waals surface area (Å²) in [6.07, 6.45) is 3.67. The number of carbonyl (C=O) groups is 1. The van der Waals surface area contributed by atoms with E-state index in [0.29, 0.717) is 0 Å². The van der Waals surface area contributed by atoms with Gasteiger partial charge in [0, 0.05) is 19.3 Å². The summed E-state index contributed by atoms with van der Waals surface area (Å²) in [5, 5.41) is 9.63. The molecule has 0 spiro atoms. The zero-order valence-electron chi connectivity index (χ0n) is 10.3. The lowest BCUT2D eigenvalue weighted by Crippen LogP contribution is -2.43. The maximum atomic E-state index is 12.2. The van der Waals surface area contributed by atoms with Crippen LogP contribution in [0.2, 0.25) is 0 Å². The van der Waals surface area contributed by atoms with Crippen LogP contribution in [-0.2, 0) is 0 Å². The molecule has 0 bridgehead atoms. The first-order valence-corrected chi connectivity index (χ1v) is 5.93. The van der Waals surface area contributed by atoms with Gasteiger partial charge in [-0.05, 0) is 30.4 Å². The van der Waals surface area contributed by atoms with Gasteiger partial charge in [0.25, 0.3) is 5.91 Å². The third-order valence-corrected chi connectivity index (χ3v) is 3.18. The van der Waals surface area contributed by atoms with Gasteiger partial charge in [-0.3, -0.25) is 4.79 Å². The van der Waals surface area contributed by atoms with Crippen molar-refractivity contribution in [2.45, 2.75) is 26.7 Å². The van der Waals surface area contributed by atoms with E-state index < -0.39 is 0 Å². The molecule has 4 heteroatoms.